The van der Waals surface area contributed by atoms with Gasteiger partial charge in [0.15, 0.2) is 0 Å². The van der Waals surface area contributed by atoms with Gasteiger partial charge < -0.3 is 10.4 Å². The summed E-state index contributed by atoms with van der Waals surface area (Å²) in [7, 11) is 0. The number of anilines is 1. The summed E-state index contributed by atoms with van der Waals surface area (Å²) in [6.45, 7) is 1.38. The van der Waals surface area contributed by atoms with Crippen molar-refractivity contribution < 1.29 is 14.7 Å². The van der Waals surface area contributed by atoms with Crippen LogP contribution in [0.25, 0.3) is 0 Å². The van der Waals surface area contributed by atoms with Crippen LogP contribution in [-0.4, -0.2) is 22.2 Å². The molecular formula is C15H19NO3S. The van der Waals surface area contributed by atoms with Crippen molar-refractivity contribution in [2.75, 3.05) is 5.32 Å². The maximum Gasteiger partial charge on any atom is 0.315 e. The largest absolute Gasteiger partial charge is 0.481 e. The Bertz CT molecular complexity index is 480. The van der Waals surface area contributed by atoms with Gasteiger partial charge in [-0.05, 0) is 44.0 Å². The van der Waals surface area contributed by atoms with E-state index in [2.05, 4.69) is 5.32 Å². The van der Waals surface area contributed by atoms with E-state index in [1.807, 2.05) is 36.0 Å². The van der Waals surface area contributed by atoms with Crippen LogP contribution in [0.5, 0.6) is 0 Å². The Balaban J connectivity index is 1.90. The first kappa shape index (κ1) is 14.9. The molecule has 0 bridgehead atoms. The van der Waals surface area contributed by atoms with Crippen LogP contribution in [0.1, 0.15) is 32.6 Å². The zero-order valence-corrected chi connectivity index (χ0v) is 12.3. The molecule has 1 fully saturated rings. The lowest BCUT2D eigenvalue weighted by Crippen LogP contribution is -2.26. The Morgan fingerprint density at radius 3 is 2.40 bits per heavy atom. The third-order valence-electron chi connectivity index (χ3n) is 3.49. The third kappa shape index (κ3) is 4.00. The fourth-order valence-electron chi connectivity index (χ4n) is 2.18. The average Bonchev–Trinajstić information content (AvgIpc) is 2.92. The van der Waals surface area contributed by atoms with Gasteiger partial charge in [0.25, 0.3) is 0 Å². The average molecular weight is 293 g/mol. The molecule has 5 heteroatoms. The van der Waals surface area contributed by atoms with E-state index in [1.54, 1.807) is 0 Å². The normalized spacial score (nSPS) is 16.9. The van der Waals surface area contributed by atoms with Gasteiger partial charge in [-0.2, -0.15) is 0 Å². The number of nitrogens with one attached hydrogen (secondary N) is 1. The predicted molar refractivity (Wildman–Crippen MR) is 80.0 cm³/mol. The van der Waals surface area contributed by atoms with Crippen LogP contribution in [0.3, 0.4) is 0 Å². The van der Waals surface area contributed by atoms with Crippen molar-refractivity contribution in [1.82, 2.24) is 0 Å². The molecule has 1 saturated carbocycles. The maximum atomic E-state index is 11.6. The fraction of sp³-hybridized carbons (Fsp3) is 0.467. The molecule has 1 aliphatic rings. The summed E-state index contributed by atoms with van der Waals surface area (Å²) in [6.07, 6.45) is 5.19. The van der Waals surface area contributed by atoms with Gasteiger partial charge in [-0.1, -0.05) is 12.8 Å². The van der Waals surface area contributed by atoms with Gasteiger partial charge in [-0.25, -0.2) is 0 Å². The molecule has 0 saturated heterocycles. The SMILES string of the molecule is CC(C(=O)O)C(=O)Nc1ccc(SC2CCCC2)cc1. The number of benzene rings is 1. The van der Waals surface area contributed by atoms with E-state index in [9.17, 15) is 9.59 Å². The fourth-order valence-corrected chi connectivity index (χ4v) is 3.43. The summed E-state index contributed by atoms with van der Waals surface area (Å²) in [5.74, 6) is -2.65. The number of aliphatic carboxylic acids is 1. The summed E-state index contributed by atoms with van der Waals surface area (Å²) >= 11 is 1.88. The predicted octanol–water partition coefficient (Wildman–Crippen LogP) is 3.38. The highest BCUT2D eigenvalue weighted by atomic mass is 32.2. The second kappa shape index (κ2) is 6.79. The molecule has 2 N–H and O–H groups in total. The molecule has 2 rings (SSSR count). The lowest BCUT2D eigenvalue weighted by Gasteiger charge is -2.11. The number of thioether (sulfide) groups is 1. The number of amides is 1. The highest BCUT2D eigenvalue weighted by Gasteiger charge is 2.20. The monoisotopic (exact) mass is 293 g/mol. The third-order valence-corrected chi connectivity index (χ3v) is 4.84. The van der Waals surface area contributed by atoms with Crippen molar-refractivity contribution in [3.05, 3.63) is 24.3 Å². The lowest BCUT2D eigenvalue weighted by atomic mass is 10.1. The Morgan fingerprint density at radius 1 is 1.25 bits per heavy atom. The van der Waals surface area contributed by atoms with Crippen LogP contribution in [0.2, 0.25) is 0 Å². The molecular weight excluding hydrogens is 274 g/mol. The second-order valence-electron chi connectivity index (χ2n) is 5.10. The van der Waals surface area contributed by atoms with Gasteiger partial charge in [0.05, 0.1) is 0 Å². The lowest BCUT2D eigenvalue weighted by molar-refractivity contribution is -0.144. The first-order valence-electron chi connectivity index (χ1n) is 6.86. The van der Waals surface area contributed by atoms with Crippen LogP contribution in [-0.2, 0) is 9.59 Å². The molecule has 1 aromatic rings. The van der Waals surface area contributed by atoms with Crippen molar-refractivity contribution >= 4 is 29.3 Å². The molecule has 0 aliphatic heterocycles. The number of hydrogen-bond donors (Lipinski definition) is 2. The van der Waals surface area contributed by atoms with E-state index in [4.69, 9.17) is 5.11 Å². The molecule has 20 heavy (non-hydrogen) atoms. The number of carboxylic acids is 1. The molecule has 1 unspecified atom stereocenters. The summed E-state index contributed by atoms with van der Waals surface area (Å²) in [6, 6.07) is 7.60. The molecule has 1 amide bonds. The standard InChI is InChI=1S/C15H19NO3S/c1-10(15(18)19)14(17)16-11-6-8-13(9-7-11)20-12-4-2-3-5-12/h6-10,12H,2-5H2,1H3,(H,16,17)(H,18,19). The number of hydrogen-bond acceptors (Lipinski definition) is 3. The molecule has 0 heterocycles. The van der Waals surface area contributed by atoms with Crippen LogP contribution in [0.15, 0.2) is 29.2 Å². The molecule has 0 radical (unpaired) electrons. The Morgan fingerprint density at radius 2 is 1.85 bits per heavy atom. The van der Waals surface area contributed by atoms with Crippen molar-refractivity contribution in [3.8, 4) is 0 Å². The zero-order valence-electron chi connectivity index (χ0n) is 11.5. The summed E-state index contributed by atoms with van der Waals surface area (Å²) in [4.78, 5) is 23.5. The van der Waals surface area contributed by atoms with Crippen LogP contribution in [0.4, 0.5) is 5.69 Å². The molecule has 1 aromatic carbocycles. The summed E-state index contributed by atoms with van der Waals surface area (Å²) in [5, 5.41) is 12.1. The van der Waals surface area contributed by atoms with Crippen molar-refractivity contribution in [1.29, 1.82) is 0 Å². The van der Waals surface area contributed by atoms with Crippen molar-refractivity contribution in [2.24, 2.45) is 5.92 Å². The first-order chi connectivity index (χ1) is 9.56. The Labute approximate surface area is 123 Å². The molecule has 1 atom stereocenters. The van der Waals surface area contributed by atoms with Crippen molar-refractivity contribution in [3.63, 3.8) is 0 Å². The number of carbonyl (C=O) groups is 2. The van der Waals surface area contributed by atoms with Crippen LogP contribution >= 0.6 is 11.8 Å². The number of carbonyl (C=O) groups excluding carboxylic acids is 1. The number of carboxylic acid groups (broad SMARTS) is 1. The van der Waals surface area contributed by atoms with E-state index < -0.39 is 17.8 Å². The smallest absolute Gasteiger partial charge is 0.315 e. The minimum Gasteiger partial charge on any atom is -0.481 e. The van der Waals surface area contributed by atoms with E-state index in [0.29, 0.717) is 10.9 Å². The van der Waals surface area contributed by atoms with Gasteiger partial charge in [0.1, 0.15) is 5.92 Å². The molecule has 4 nitrogen and oxygen atoms in total. The first-order valence-corrected chi connectivity index (χ1v) is 7.74. The van der Waals surface area contributed by atoms with E-state index in [1.165, 1.54) is 37.5 Å². The Hall–Kier alpha value is -1.49. The van der Waals surface area contributed by atoms with Gasteiger partial charge in [-0.15, -0.1) is 11.8 Å². The highest BCUT2D eigenvalue weighted by molar-refractivity contribution is 8.00. The van der Waals surface area contributed by atoms with Crippen molar-refractivity contribution in [2.45, 2.75) is 42.8 Å². The highest BCUT2D eigenvalue weighted by Crippen LogP contribution is 2.34. The topological polar surface area (TPSA) is 66.4 Å². The maximum absolute atomic E-state index is 11.6. The van der Waals surface area contributed by atoms with Crippen LogP contribution in [0, 0.1) is 5.92 Å². The van der Waals surface area contributed by atoms with Gasteiger partial charge in [0.2, 0.25) is 5.91 Å². The van der Waals surface area contributed by atoms with Gasteiger partial charge >= 0.3 is 5.97 Å². The second-order valence-corrected chi connectivity index (χ2v) is 6.47. The molecule has 0 spiro atoms. The summed E-state index contributed by atoms with van der Waals surface area (Å²) < 4.78 is 0. The minimum absolute atomic E-state index is 0.492. The Kier molecular flexibility index (Phi) is 5.06. The van der Waals surface area contributed by atoms with Gasteiger partial charge in [-0.3, -0.25) is 9.59 Å². The number of rotatable bonds is 5. The molecule has 108 valence electrons. The summed E-state index contributed by atoms with van der Waals surface area (Å²) in [5.41, 5.74) is 0.638. The zero-order chi connectivity index (χ0) is 14.5. The van der Waals surface area contributed by atoms with Gasteiger partial charge in [0, 0.05) is 15.8 Å². The minimum atomic E-state index is -1.11. The molecule has 1 aliphatic carbocycles. The van der Waals surface area contributed by atoms with Crippen LogP contribution < -0.4 is 5.32 Å². The van der Waals surface area contributed by atoms with E-state index in [0.717, 1.165) is 0 Å². The quantitative estimate of drug-likeness (QED) is 0.817. The molecule has 0 aromatic heterocycles. The van der Waals surface area contributed by atoms with E-state index in [-0.39, 0.29) is 0 Å². The van der Waals surface area contributed by atoms with E-state index >= 15 is 0 Å².